The third kappa shape index (κ3) is 2.48. The third-order valence-electron chi connectivity index (χ3n) is 3.22. The standard InChI is InChI=1S/C13H16N4O2/c1-13(2,11(14)12(18)19)10-8-17(16-15-10)9-6-4-3-5-7-9/h3-8,11H,14H2,1-2H3,(H,18,19). The number of aliphatic carboxylic acids is 1. The molecule has 1 atom stereocenters. The number of hydrogen-bond donors (Lipinski definition) is 2. The van der Waals surface area contributed by atoms with Crippen molar-refractivity contribution in [2.45, 2.75) is 25.3 Å². The number of carboxylic acid groups (broad SMARTS) is 1. The van der Waals surface area contributed by atoms with E-state index in [0.717, 1.165) is 5.69 Å². The van der Waals surface area contributed by atoms with Crippen LogP contribution in [0.5, 0.6) is 0 Å². The van der Waals surface area contributed by atoms with Crippen molar-refractivity contribution < 1.29 is 9.90 Å². The molecule has 0 spiro atoms. The van der Waals surface area contributed by atoms with Gasteiger partial charge >= 0.3 is 5.97 Å². The lowest BCUT2D eigenvalue weighted by Gasteiger charge is -2.25. The summed E-state index contributed by atoms with van der Waals surface area (Å²) in [5.41, 5.74) is 6.31. The van der Waals surface area contributed by atoms with Crippen molar-refractivity contribution in [1.29, 1.82) is 0 Å². The van der Waals surface area contributed by atoms with Crippen LogP contribution in [0.1, 0.15) is 19.5 Å². The lowest BCUT2D eigenvalue weighted by Crippen LogP contribution is -2.47. The van der Waals surface area contributed by atoms with Crippen molar-refractivity contribution in [3.8, 4) is 5.69 Å². The van der Waals surface area contributed by atoms with Gasteiger partial charge in [0, 0.05) is 5.41 Å². The molecule has 0 amide bonds. The van der Waals surface area contributed by atoms with Crippen molar-refractivity contribution in [3.63, 3.8) is 0 Å². The summed E-state index contributed by atoms with van der Waals surface area (Å²) in [6, 6.07) is 8.44. The zero-order chi connectivity index (χ0) is 14.0. The molecule has 2 aromatic rings. The number of benzene rings is 1. The molecular formula is C13H16N4O2. The maximum atomic E-state index is 11.0. The maximum absolute atomic E-state index is 11.0. The van der Waals surface area contributed by atoms with Gasteiger partial charge in [0.25, 0.3) is 0 Å². The number of rotatable bonds is 4. The minimum Gasteiger partial charge on any atom is -0.480 e. The second kappa shape index (κ2) is 4.81. The Labute approximate surface area is 110 Å². The van der Waals surface area contributed by atoms with Gasteiger partial charge in [0.05, 0.1) is 17.6 Å². The Morgan fingerprint density at radius 1 is 1.37 bits per heavy atom. The summed E-state index contributed by atoms with van der Waals surface area (Å²) in [5, 5.41) is 17.1. The van der Waals surface area contributed by atoms with E-state index in [9.17, 15) is 4.79 Å². The van der Waals surface area contributed by atoms with Crippen molar-refractivity contribution in [2.75, 3.05) is 0 Å². The van der Waals surface area contributed by atoms with Crippen LogP contribution in [0.15, 0.2) is 36.5 Å². The second-order valence-corrected chi connectivity index (χ2v) is 4.92. The van der Waals surface area contributed by atoms with Crippen LogP contribution in [0.25, 0.3) is 5.69 Å². The lowest BCUT2D eigenvalue weighted by molar-refractivity contribution is -0.140. The predicted molar refractivity (Wildman–Crippen MR) is 70.0 cm³/mol. The smallest absolute Gasteiger partial charge is 0.321 e. The number of carbonyl (C=O) groups is 1. The number of para-hydroxylation sites is 1. The van der Waals surface area contributed by atoms with Gasteiger partial charge in [-0.15, -0.1) is 5.10 Å². The summed E-state index contributed by atoms with van der Waals surface area (Å²) in [6.45, 7) is 3.48. The van der Waals surface area contributed by atoms with Crippen molar-refractivity contribution in [2.24, 2.45) is 5.73 Å². The molecule has 0 saturated carbocycles. The topological polar surface area (TPSA) is 94.0 Å². The minimum absolute atomic E-state index is 0.547. The Hall–Kier alpha value is -2.21. The number of nitrogens with two attached hydrogens (primary N) is 1. The van der Waals surface area contributed by atoms with Crippen LogP contribution < -0.4 is 5.73 Å². The van der Waals surface area contributed by atoms with Crippen LogP contribution in [0, 0.1) is 0 Å². The molecule has 1 aromatic carbocycles. The zero-order valence-electron chi connectivity index (χ0n) is 10.8. The SMILES string of the molecule is CC(C)(c1cn(-c2ccccc2)nn1)C(N)C(=O)O. The molecular weight excluding hydrogens is 244 g/mol. The van der Waals surface area contributed by atoms with Gasteiger partial charge in [0.2, 0.25) is 0 Å². The summed E-state index contributed by atoms with van der Waals surface area (Å²) in [4.78, 5) is 11.0. The fourth-order valence-corrected chi connectivity index (χ4v) is 1.73. The van der Waals surface area contributed by atoms with E-state index in [1.807, 2.05) is 30.3 Å². The zero-order valence-corrected chi connectivity index (χ0v) is 10.8. The minimum atomic E-state index is -1.06. The highest BCUT2D eigenvalue weighted by Crippen LogP contribution is 2.24. The fourth-order valence-electron chi connectivity index (χ4n) is 1.73. The Morgan fingerprint density at radius 2 is 2.00 bits per heavy atom. The van der Waals surface area contributed by atoms with Crippen LogP contribution in [0.3, 0.4) is 0 Å². The van der Waals surface area contributed by atoms with E-state index in [4.69, 9.17) is 10.8 Å². The number of carboxylic acids is 1. The van der Waals surface area contributed by atoms with E-state index in [-0.39, 0.29) is 0 Å². The molecule has 6 heteroatoms. The van der Waals surface area contributed by atoms with Crippen LogP contribution >= 0.6 is 0 Å². The summed E-state index contributed by atoms with van der Waals surface area (Å²) in [7, 11) is 0. The van der Waals surface area contributed by atoms with Gasteiger partial charge in [-0.2, -0.15) is 0 Å². The van der Waals surface area contributed by atoms with E-state index in [2.05, 4.69) is 10.3 Å². The molecule has 0 aliphatic heterocycles. The molecule has 0 bridgehead atoms. The fraction of sp³-hybridized carbons (Fsp3) is 0.308. The van der Waals surface area contributed by atoms with Gasteiger partial charge in [-0.25, -0.2) is 4.68 Å². The van der Waals surface area contributed by atoms with E-state index < -0.39 is 17.4 Å². The van der Waals surface area contributed by atoms with Crippen LogP contribution in [-0.4, -0.2) is 32.1 Å². The first-order chi connectivity index (χ1) is 8.93. The molecule has 100 valence electrons. The Kier molecular flexibility index (Phi) is 3.35. The molecule has 0 fully saturated rings. The van der Waals surface area contributed by atoms with E-state index in [0.29, 0.717) is 5.69 Å². The summed E-state index contributed by atoms with van der Waals surface area (Å²) in [5.74, 6) is -1.06. The summed E-state index contributed by atoms with van der Waals surface area (Å²) < 4.78 is 1.60. The Morgan fingerprint density at radius 3 is 2.58 bits per heavy atom. The quantitative estimate of drug-likeness (QED) is 0.853. The van der Waals surface area contributed by atoms with E-state index >= 15 is 0 Å². The Balaban J connectivity index is 2.34. The average molecular weight is 260 g/mol. The first-order valence-electron chi connectivity index (χ1n) is 5.89. The van der Waals surface area contributed by atoms with E-state index in [1.54, 1.807) is 24.7 Å². The molecule has 1 heterocycles. The molecule has 0 radical (unpaired) electrons. The lowest BCUT2D eigenvalue weighted by atomic mass is 9.82. The maximum Gasteiger partial charge on any atom is 0.321 e. The van der Waals surface area contributed by atoms with Gasteiger partial charge in [0.1, 0.15) is 6.04 Å². The molecule has 6 nitrogen and oxygen atoms in total. The molecule has 1 aromatic heterocycles. The second-order valence-electron chi connectivity index (χ2n) is 4.92. The predicted octanol–water partition coefficient (Wildman–Crippen LogP) is 0.957. The van der Waals surface area contributed by atoms with Gasteiger partial charge in [-0.05, 0) is 12.1 Å². The van der Waals surface area contributed by atoms with Gasteiger partial charge in [-0.1, -0.05) is 37.3 Å². The molecule has 3 N–H and O–H groups in total. The van der Waals surface area contributed by atoms with Crippen LogP contribution in [-0.2, 0) is 10.2 Å². The highest BCUT2D eigenvalue weighted by atomic mass is 16.4. The summed E-state index contributed by atoms with van der Waals surface area (Å²) in [6.07, 6.45) is 1.71. The summed E-state index contributed by atoms with van der Waals surface area (Å²) >= 11 is 0. The monoisotopic (exact) mass is 260 g/mol. The largest absolute Gasteiger partial charge is 0.480 e. The average Bonchev–Trinajstić information content (AvgIpc) is 2.89. The van der Waals surface area contributed by atoms with E-state index in [1.165, 1.54) is 0 Å². The highest BCUT2D eigenvalue weighted by Gasteiger charge is 2.36. The Bertz CT molecular complexity index is 577. The van der Waals surface area contributed by atoms with Gasteiger partial charge in [0.15, 0.2) is 0 Å². The molecule has 0 aliphatic carbocycles. The molecule has 1 unspecified atom stereocenters. The van der Waals surface area contributed by atoms with Gasteiger partial charge < -0.3 is 10.8 Å². The highest BCUT2D eigenvalue weighted by molar-refractivity contribution is 5.75. The number of aromatic nitrogens is 3. The van der Waals surface area contributed by atoms with Crippen molar-refractivity contribution in [1.82, 2.24) is 15.0 Å². The molecule has 0 saturated heterocycles. The van der Waals surface area contributed by atoms with Crippen molar-refractivity contribution in [3.05, 3.63) is 42.2 Å². The third-order valence-corrected chi connectivity index (χ3v) is 3.22. The number of hydrogen-bond acceptors (Lipinski definition) is 4. The molecule has 19 heavy (non-hydrogen) atoms. The first-order valence-corrected chi connectivity index (χ1v) is 5.89. The van der Waals surface area contributed by atoms with Crippen LogP contribution in [0.2, 0.25) is 0 Å². The normalized spacial score (nSPS) is 13.2. The van der Waals surface area contributed by atoms with Crippen molar-refractivity contribution >= 4 is 5.97 Å². The number of nitrogens with zero attached hydrogens (tertiary/aromatic N) is 3. The molecule has 2 rings (SSSR count). The van der Waals surface area contributed by atoms with Gasteiger partial charge in [-0.3, -0.25) is 4.79 Å². The van der Waals surface area contributed by atoms with Crippen LogP contribution in [0.4, 0.5) is 0 Å². The molecule has 0 aliphatic rings. The first kappa shape index (κ1) is 13.2.